The molecule has 0 heterocycles. The summed E-state index contributed by atoms with van der Waals surface area (Å²) in [5.41, 5.74) is -0.0881. The number of ketones is 1. The molecule has 0 aromatic heterocycles. The second-order valence-corrected chi connectivity index (χ2v) is 11.8. The molecule has 0 aromatic rings. The van der Waals surface area contributed by atoms with Gasteiger partial charge in [-0.25, -0.2) is 0 Å². The van der Waals surface area contributed by atoms with Crippen molar-refractivity contribution in [3.8, 4) is 0 Å². The molecular weight excluding hydrogens is 364 g/mol. The van der Waals surface area contributed by atoms with E-state index in [1.54, 1.807) is 0 Å². The van der Waals surface area contributed by atoms with Gasteiger partial charge in [-0.05, 0) is 50.9 Å². The fourth-order valence-electron chi connectivity index (χ4n) is 3.12. The molecule has 29 heavy (non-hydrogen) atoms. The highest BCUT2D eigenvalue weighted by molar-refractivity contribution is 5.89. The fraction of sp³-hybridized carbons (Fsp3) is 0.875. The van der Waals surface area contributed by atoms with Gasteiger partial charge in [-0.15, -0.1) is 0 Å². The summed E-state index contributed by atoms with van der Waals surface area (Å²) in [7, 11) is 0. The molecule has 0 aromatic carbocycles. The number of carbonyl (C=O) groups excluding carboxylic acids is 3. The quantitative estimate of drug-likeness (QED) is 0.462. The van der Waals surface area contributed by atoms with Gasteiger partial charge in [-0.1, -0.05) is 54.4 Å². The summed E-state index contributed by atoms with van der Waals surface area (Å²) in [4.78, 5) is 37.0. The van der Waals surface area contributed by atoms with Crippen molar-refractivity contribution in [3.05, 3.63) is 0 Å². The molecule has 0 saturated heterocycles. The maximum absolute atomic E-state index is 12.7. The van der Waals surface area contributed by atoms with Gasteiger partial charge in [0.05, 0.1) is 6.04 Å². The van der Waals surface area contributed by atoms with Gasteiger partial charge < -0.3 is 10.6 Å². The first kappa shape index (κ1) is 27.6. The lowest BCUT2D eigenvalue weighted by atomic mass is 9.85. The van der Waals surface area contributed by atoms with Crippen LogP contribution >= 0.6 is 0 Å². The Bertz CT molecular complexity index is 534. The van der Waals surface area contributed by atoms with Crippen molar-refractivity contribution in [2.75, 3.05) is 0 Å². The maximum atomic E-state index is 12.7. The Hall–Kier alpha value is -1.39. The van der Waals surface area contributed by atoms with E-state index in [2.05, 4.69) is 31.4 Å². The van der Waals surface area contributed by atoms with Crippen LogP contribution in [0.4, 0.5) is 0 Å². The smallest absolute Gasteiger partial charge is 0.220 e. The van der Waals surface area contributed by atoms with Crippen molar-refractivity contribution < 1.29 is 14.4 Å². The standard InChI is InChI=1S/C24H46N2O3/c1-22(2,3)16-11-10-13-18(19(27)17-23(4,5)6)25-20(28)14-12-15-21(29)26-24(7,8)9/h18H,10-17H2,1-9H3,(H,25,28)(H,26,29)/t18-/m0/s1. The third-order valence-corrected chi connectivity index (χ3v) is 4.42. The molecule has 0 rings (SSSR count). The van der Waals surface area contributed by atoms with Crippen molar-refractivity contribution >= 4 is 17.6 Å². The predicted octanol–water partition coefficient (Wildman–Crippen LogP) is 5.17. The first-order valence-corrected chi connectivity index (χ1v) is 11.1. The Morgan fingerprint density at radius 2 is 1.28 bits per heavy atom. The molecule has 0 fully saturated rings. The monoisotopic (exact) mass is 410 g/mol. The molecule has 0 unspecified atom stereocenters. The zero-order chi connectivity index (χ0) is 22.9. The lowest BCUT2D eigenvalue weighted by Crippen LogP contribution is -2.42. The highest BCUT2D eigenvalue weighted by Crippen LogP contribution is 2.24. The van der Waals surface area contributed by atoms with Gasteiger partial charge in [0.2, 0.25) is 11.8 Å². The Kier molecular flexibility index (Phi) is 11.1. The minimum absolute atomic E-state index is 0.0483. The van der Waals surface area contributed by atoms with Crippen LogP contribution in [0.2, 0.25) is 0 Å². The number of nitrogens with one attached hydrogen (secondary N) is 2. The van der Waals surface area contributed by atoms with Gasteiger partial charge in [-0.2, -0.15) is 0 Å². The zero-order valence-corrected chi connectivity index (χ0v) is 20.5. The van der Waals surface area contributed by atoms with Gasteiger partial charge in [0.25, 0.3) is 0 Å². The number of hydrogen-bond acceptors (Lipinski definition) is 3. The summed E-state index contributed by atoms with van der Waals surface area (Å²) in [6.45, 7) is 18.6. The van der Waals surface area contributed by atoms with Gasteiger partial charge in [0.1, 0.15) is 0 Å². The lowest BCUT2D eigenvalue weighted by Gasteiger charge is -2.24. The number of rotatable bonds is 11. The number of hydrogen-bond donors (Lipinski definition) is 2. The summed E-state index contributed by atoms with van der Waals surface area (Å²) >= 11 is 0. The Balaban J connectivity index is 4.61. The van der Waals surface area contributed by atoms with E-state index < -0.39 is 6.04 Å². The molecular formula is C24H46N2O3. The van der Waals surface area contributed by atoms with Crippen LogP contribution in [0.25, 0.3) is 0 Å². The summed E-state index contributed by atoms with van der Waals surface area (Å²) < 4.78 is 0. The van der Waals surface area contributed by atoms with E-state index in [4.69, 9.17) is 0 Å². The Morgan fingerprint density at radius 3 is 1.76 bits per heavy atom. The van der Waals surface area contributed by atoms with Gasteiger partial charge in [-0.3, -0.25) is 14.4 Å². The molecule has 2 N–H and O–H groups in total. The van der Waals surface area contributed by atoms with Crippen LogP contribution in [0.3, 0.4) is 0 Å². The minimum Gasteiger partial charge on any atom is -0.352 e. The first-order valence-electron chi connectivity index (χ1n) is 11.1. The van der Waals surface area contributed by atoms with E-state index >= 15 is 0 Å². The predicted molar refractivity (Wildman–Crippen MR) is 121 cm³/mol. The molecule has 0 spiro atoms. The van der Waals surface area contributed by atoms with E-state index in [1.165, 1.54) is 0 Å². The molecule has 0 aliphatic rings. The van der Waals surface area contributed by atoms with E-state index in [9.17, 15) is 14.4 Å². The molecule has 0 radical (unpaired) electrons. The third-order valence-electron chi connectivity index (χ3n) is 4.42. The van der Waals surface area contributed by atoms with Crippen molar-refractivity contribution in [1.82, 2.24) is 10.6 Å². The van der Waals surface area contributed by atoms with Crippen LogP contribution in [0.15, 0.2) is 0 Å². The zero-order valence-electron chi connectivity index (χ0n) is 20.5. The van der Waals surface area contributed by atoms with Crippen LogP contribution in [0.1, 0.15) is 114 Å². The van der Waals surface area contributed by atoms with E-state index in [0.717, 1.165) is 19.3 Å². The molecule has 0 aliphatic carbocycles. The summed E-state index contributed by atoms with van der Waals surface area (Å²) in [6.07, 6.45) is 5.27. The van der Waals surface area contributed by atoms with Crippen LogP contribution in [-0.2, 0) is 14.4 Å². The van der Waals surface area contributed by atoms with Crippen LogP contribution in [0.5, 0.6) is 0 Å². The van der Waals surface area contributed by atoms with Gasteiger partial charge in [0.15, 0.2) is 5.78 Å². The summed E-state index contributed by atoms with van der Waals surface area (Å²) in [5.74, 6) is -0.0865. The lowest BCUT2D eigenvalue weighted by molar-refractivity contribution is -0.129. The number of unbranched alkanes of at least 4 members (excludes halogenated alkanes) is 1. The maximum Gasteiger partial charge on any atom is 0.220 e. The normalized spacial score (nSPS) is 13.7. The molecule has 170 valence electrons. The van der Waals surface area contributed by atoms with Crippen LogP contribution < -0.4 is 10.6 Å². The second kappa shape index (κ2) is 11.7. The summed E-state index contributed by atoms with van der Waals surface area (Å²) in [5, 5.41) is 5.84. The fourth-order valence-corrected chi connectivity index (χ4v) is 3.12. The van der Waals surface area contributed by atoms with E-state index in [0.29, 0.717) is 25.7 Å². The van der Waals surface area contributed by atoms with E-state index in [-0.39, 0.29) is 40.4 Å². The Morgan fingerprint density at radius 1 is 0.724 bits per heavy atom. The second-order valence-electron chi connectivity index (χ2n) is 11.8. The SMILES string of the molecule is CC(C)(C)CCCC[C@H](NC(=O)CCCC(=O)NC(C)(C)C)C(=O)CC(C)(C)C. The minimum atomic E-state index is -0.426. The van der Waals surface area contributed by atoms with Crippen molar-refractivity contribution in [2.45, 2.75) is 125 Å². The number of carbonyl (C=O) groups is 3. The number of Topliss-reactive ketones (excluding diaryl/α,β-unsaturated/α-hetero) is 1. The third kappa shape index (κ3) is 17.2. The molecule has 1 atom stereocenters. The average Bonchev–Trinajstić information content (AvgIpc) is 2.45. The van der Waals surface area contributed by atoms with E-state index in [1.807, 2.05) is 41.5 Å². The van der Waals surface area contributed by atoms with Crippen molar-refractivity contribution in [1.29, 1.82) is 0 Å². The molecule has 0 saturated carbocycles. The molecule has 5 heteroatoms. The number of amides is 2. The first-order chi connectivity index (χ1) is 13.0. The molecule has 5 nitrogen and oxygen atoms in total. The van der Waals surface area contributed by atoms with Gasteiger partial charge >= 0.3 is 0 Å². The van der Waals surface area contributed by atoms with Crippen molar-refractivity contribution in [3.63, 3.8) is 0 Å². The van der Waals surface area contributed by atoms with Gasteiger partial charge in [0, 0.05) is 24.8 Å². The van der Waals surface area contributed by atoms with Crippen molar-refractivity contribution in [2.24, 2.45) is 10.8 Å². The molecule has 0 aliphatic heterocycles. The van der Waals surface area contributed by atoms with Crippen LogP contribution in [0, 0.1) is 10.8 Å². The largest absolute Gasteiger partial charge is 0.352 e. The topological polar surface area (TPSA) is 75.3 Å². The highest BCUT2D eigenvalue weighted by Gasteiger charge is 2.25. The molecule has 2 amide bonds. The average molecular weight is 411 g/mol. The van der Waals surface area contributed by atoms with Crippen LogP contribution in [-0.4, -0.2) is 29.2 Å². The summed E-state index contributed by atoms with van der Waals surface area (Å²) in [6, 6.07) is -0.426. The molecule has 0 bridgehead atoms. The highest BCUT2D eigenvalue weighted by atomic mass is 16.2. The Labute approximate surface area is 179 Å².